The smallest absolute Gasteiger partial charge is 0.264 e. The number of rotatable bonds is 11. The van der Waals surface area contributed by atoms with E-state index in [-0.39, 0.29) is 4.90 Å². The molecule has 0 saturated heterocycles. The number of carbonyl (C=O) groups is 1. The quantitative estimate of drug-likeness (QED) is 0.310. The molecule has 1 amide bonds. The Labute approximate surface area is 211 Å². The van der Waals surface area contributed by atoms with E-state index in [9.17, 15) is 13.2 Å². The Balaban J connectivity index is 1.81. The average molecular weight is 512 g/mol. The van der Waals surface area contributed by atoms with Gasteiger partial charge in [-0.3, -0.25) is 9.10 Å². The number of amides is 1. The predicted octanol–water partition coefficient (Wildman–Crippen LogP) is 3.76. The molecule has 9 nitrogen and oxygen atoms in total. The van der Waals surface area contributed by atoms with Crippen LogP contribution in [0.15, 0.2) is 76.7 Å². The van der Waals surface area contributed by atoms with Crippen LogP contribution in [0.25, 0.3) is 0 Å². The molecule has 190 valence electrons. The molecule has 0 heterocycles. The highest BCUT2D eigenvalue weighted by Gasteiger charge is 2.27. The zero-order valence-corrected chi connectivity index (χ0v) is 21.4. The van der Waals surface area contributed by atoms with E-state index >= 15 is 0 Å². The Morgan fingerprint density at radius 3 is 2.25 bits per heavy atom. The number of anilines is 1. The number of nitrogens with zero attached hydrogens (tertiary/aromatic N) is 2. The number of sulfonamides is 1. The molecule has 3 aromatic carbocycles. The fraction of sp³-hybridized carbons (Fsp3) is 0.231. The van der Waals surface area contributed by atoms with E-state index in [1.807, 2.05) is 13.8 Å². The highest BCUT2D eigenvalue weighted by Crippen LogP contribution is 2.27. The van der Waals surface area contributed by atoms with E-state index in [1.54, 1.807) is 54.6 Å². The molecule has 0 unspecified atom stereocenters. The lowest BCUT2D eigenvalue weighted by Crippen LogP contribution is -2.39. The lowest BCUT2D eigenvalue weighted by molar-refractivity contribution is -0.119. The normalized spacial score (nSPS) is 11.2. The fourth-order valence-corrected chi connectivity index (χ4v) is 4.73. The first kappa shape index (κ1) is 26.6. The fourth-order valence-electron chi connectivity index (χ4n) is 3.31. The molecule has 0 fully saturated rings. The number of carbonyl (C=O) groups excluding carboxylic acids is 1. The highest BCUT2D eigenvalue weighted by molar-refractivity contribution is 7.92. The van der Waals surface area contributed by atoms with Gasteiger partial charge in [0.2, 0.25) is 0 Å². The second-order valence-corrected chi connectivity index (χ2v) is 9.52. The number of methoxy groups -OCH3 is 2. The summed E-state index contributed by atoms with van der Waals surface area (Å²) in [4.78, 5) is 12.8. The van der Waals surface area contributed by atoms with Gasteiger partial charge in [0.25, 0.3) is 15.9 Å². The first-order valence-electron chi connectivity index (χ1n) is 11.1. The van der Waals surface area contributed by atoms with E-state index in [0.717, 1.165) is 9.87 Å². The molecular weight excluding hydrogens is 482 g/mol. The minimum atomic E-state index is -4.05. The molecule has 0 aliphatic carbocycles. The van der Waals surface area contributed by atoms with Crippen LogP contribution in [0.2, 0.25) is 0 Å². The van der Waals surface area contributed by atoms with Gasteiger partial charge >= 0.3 is 0 Å². The molecule has 3 aromatic rings. The number of ether oxygens (including phenoxy) is 3. The molecule has 0 radical (unpaired) electrons. The number of nitrogens with one attached hydrogen (secondary N) is 1. The van der Waals surface area contributed by atoms with Crippen molar-refractivity contribution in [3.05, 3.63) is 77.9 Å². The van der Waals surface area contributed by atoms with Gasteiger partial charge in [-0.25, -0.2) is 13.8 Å². The predicted molar refractivity (Wildman–Crippen MR) is 139 cm³/mol. The number of benzene rings is 3. The molecule has 3 rings (SSSR count). The maximum Gasteiger partial charge on any atom is 0.264 e. The average Bonchev–Trinajstić information content (AvgIpc) is 2.88. The summed E-state index contributed by atoms with van der Waals surface area (Å²) < 4.78 is 43.9. The zero-order valence-electron chi connectivity index (χ0n) is 20.6. The van der Waals surface area contributed by atoms with E-state index in [0.29, 0.717) is 35.1 Å². The third-order valence-corrected chi connectivity index (χ3v) is 6.93. The van der Waals surface area contributed by atoms with Crippen LogP contribution in [0.3, 0.4) is 0 Å². The molecule has 0 spiro atoms. The van der Waals surface area contributed by atoms with E-state index < -0.39 is 22.5 Å². The van der Waals surface area contributed by atoms with Crippen LogP contribution < -0.4 is 23.9 Å². The van der Waals surface area contributed by atoms with Crippen molar-refractivity contribution in [2.75, 3.05) is 31.7 Å². The third kappa shape index (κ3) is 6.54. The summed E-state index contributed by atoms with van der Waals surface area (Å²) in [5.41, 5.74) is 4.36. The van der Waals surface area contributed by atoms with Crippen molar-refractivity contribution in [1.82, 2.24) is 5.43 Å². The standard InChI is InChI=1S/C26H29N3O6S/c1-5-35-22-11-13-23(14-12-22)36(31,32)29(21-9-6-19(2)7-10-21)18-26(30)28-27-17-20-8-15-24(33-3)25(16-20)34-4/h6-17H,5,18H2,1-4H3,(H,28,30)/b27-17+. The number of hydrogen-bond donors (Lipinski definition) is 1. The minimum Gasteiger partial charge on any atom is -0.494 e. The first-order chi connectivity index (χ1) is 17.3. The Hall–Kier alpha value is -4.05. The van der Waals surface area contributed by atoms with E-state index in [2.05, 4.69) is 10.5 Å². The maximum absolute atomic E-state index is 13.5. The maximum atomic E-state index is 13.5. The number of hydrogen-bond acceptors (Lipinski definition) is 7. The summed E-state index contributed by atoms with van der Waals surface area (Å²) in [6.07, 6.45) is 1.43. The van der Waals surface area contributed by atoms with Crippen LogP contribution in [0.4, 0.5) is 5.69 Å². The van der Waals surface area contributed by atoms with Crippen LogP contribution in [0.1, 0.15) is 18.1 Å². The van der Waals surface area contributed by atoms with Crippen molar-refractivity contribution >= 4 is 27.8 Å². The summed E-state index contributed by atoms with van der Waals surface area (Å²) in [6.45, 7) is 3.73. The van der Waals surface area contributed by atoms with Gasteiger partial charge in [-0.05, 0) is 74.0 Å². The largest absolute Gasteiger partial charge is 0.494 e. The number of hydrazone groups is 1. The molecule has 36 heavy (non-hydrogen) atoms. The monoisotopic (exact) mass is 511 g/mol. The molecule has 10 heteroatoms. The van der Waals surface area contributed by atoms with E-state index in [1.165, 1.54) is 32.6 Å². The highest BCUT2D eigenvalue weighted by atomic mass is 32.2. The molecule has 0 bridgehead atoms. The van der Waals surface area contributed by atoms with Gasteiger partial charge in [-0.2, -0.15) is 5.10 Å². The Morgan fingerprint density at radius 2 is 1.64 bits per heavy atom. The van der Waals surface area contributed by atoms with Gasteiger partial charge in [0.1, 0.15) is 12.3 Å². The Morgan fingerprint density at radius 1 is 0.972 bits per heavy atom. The summed E-state index contributed by atoms with van der Waals surface area (Å²) in [5, 5.41) is 3.96. The summed E-state index contributed by atoms with van der Waals surface area (Å²) in [6, 6.07) is 18.1. The van der Waals surface area contributed by atoms with Gasteiger partial charge in [0, 0.05) is 0 Å². The Kier molecular flexibility index (Phi) is 8.91. The molecule has 0 aliphatic heterocycles. The molecule has 0 aliphatic rings. The van der Waals surface area contributed by atoms with Crippen molar-refractivity contribution in [3.8, 4) is 17.2 Å². The van der Waals surface area contributed by atoms with Gasteiger partial charge in [-0.1, -0.05) is 17.7 Å². The van der Waals surface area contributed by atoms with Crippen molar-refractivity contribution in [3.63, 3.8) is 0 Å². The molecule has 0 atom stereocenters. The molecule has 0 aromatic heterocycles. The van der Waals surface area contributed by atoms with Gasteiger partial charge in [-0.15, -0.1) is 0 Å². The molecule has 1 N–H and O–H groups in total. The van der Waals surface area contributed by atoms with E-state index in [4.69, 9.17) is 14.2 Å². The lowest BCUT2D eigenvalue weighted by Gasteiger charge is -2.24. The van der Waals surface area contributed by atoms with Crippen LogP contribution >= 0.6 is 0 Å². The SMILES string of the molecule is CCOc1ccc(S(=O)(=O)N(CC(=O)N/N=C/c2ccc(OC)c(OC)c2)c2ccc(C)cc2)cc1. The summed E-state index contributed by atoms with van der Waals surface area (Å²) in [7, 11) is -0.999. The van der Waals surface area contributed by atoms with Gasteiger partial charge in [0.15, 0.2) is 11.5 Å². The van der Waals surface area contributed by atoms with Crippen molar-refractivity contribution in [2.24, 2.45) is 5.10 Å². The summed E-state index contributed by atoms with van der Waals surface area (Å²) in [5.74, 6) is 1.02. The second-order valence-electron chi connectivity index (χ2n) is 7.66. The zero-order chi connectivity index (χ0) is 26.1. The van der Waals surface area contributed by atoms with Crippen molar-refractivity contribution < 1.29 is 27.4 Å². The third-order valence-electron chi connectivity index (χ3n) is 5.14. The lowest BCUT2D eigenvalue weighted by atomic mass is 10.2. The minimum absolute atomic E-state index is 0.0353. The number of aryl methyl sites for hydroxylation is 1. The van der Waals surface area contributed by atoms with Crippen LogP contribution in [0, 0.1) is 6.92 Å². The van der Waals surface area contributed by atoms with Crippen molar-refractivity contribution in [1.29, 1.82) is 0 Å². The van der Waals surface area contributed by atoms with Gasteiger partial charge < -0.3 is 14.2 Å². The second kappa shape index (κ2) is 12.1. The molecule has 0 saturated carbocycles. The van der Waals surface area contributed by atoms with Crippen LogP contribution in [-0.2, 0) is 14.8 Å². The first-order valence-corrected chi connectivity index (χ1v) is 12.6. The van der Waals surface area contributed by atoms with Crippen molar-refractivity contribution in [2.45, 2.75) is 18.7 Å². The molecular formula is C26H29N3O6S. The Bertz CT molecular complexity index is 1310. The van der Waals surface area contributed by atoms with Gasteiger partial charge in [0.05, 0.1) is 37.6 Å². The van der Waals surface area contributed by atoms with Crippen LogP contribution in [0.5, 0.6) is 17.2 Å². The summed E-state index contributed by atoms with van der Waals surface area (Å²) >= 11 is 0. The van der Waals surface area contributed by atoms with Crippen LogP contribution in [-0.4, -0.2) is 47.9 Å². The topological polar surface area (TPSA) is 107 Å².